The fourth-order valence-electron chi connectivity index (χ4n) is 0. The second-order valence-corrected chi connectivity index (χ2v) is 1.78. The van der Waals surface area contributed by atoms with E-state index in [9.17, 15) is 0 Å². The molecule has 0 N–H and O–H groups in total. The van der Waals surface area contributed by atoms with E-state index < -0.39 is 15.4 Å². The zero-order valence-electron chi connectivity index (χ0n) is 2.05. The number of hydrogen-bond acceptors (Lipinski definition) is 3. The fourth-order valence-corrected chi connectivity index (χ4v) is 0. The van der Waals surface area contributed by atoms with Crippen LogP contribution in [-0.2, 0) is 26.0 Å². The summed E-state index contributed by atoms with van der Waals surface area (Å²) < 4.78 is 21.5. The molecular weight excluding hydrogens is 134 g/mol. The van der Waals surface area contributed by atoms with E-state index >= 15 is 0 Å². The number of rotatable bonds is 1. The van der Waals surface area contributed by atoms with Gasteiger partial charge in [0.15, 0.2) is 0 Å². The maximum absolute atomic E-state index is 9.13. The van der Waals surface area contributed by atoms with E-state index in [4.69, 9.17) is 7.35 Å². The predicted molar refractivity (Wildman–Crippen MR) is 8.31 cm³/mol. The Morgan fingerprint density at radius 1 is 1.60 bits per heavy atom. The summed E-state index contributed by atoms with van der Waals surface area (Å²) in [5, 5.41) is 0. The first-order chi connectivity index (χ1) is 2.27. The van der Waals surface area contributed by atoms with E-state index in [1.165, 1.54) is 0 Å². The molecule has 0 bridgehead atoms. The summed E-state index contributed by atoms with van der Waals surface area (Å²) in [5.41, 5.74) is 0. The van der Waals surface area contributed by atoms with Crippen molar-refractivity contribution >= 4 is 11.9 Å². The summed E-state index contributed by atoms with van der Waals surface area (Å²) in [5.74, 6) is 0. The van der Waals surface area contributed by atoms with Gasteiger partial charge in [0, 0.05) is 0 Å². The van der Waals surface area contributed by atoms with Crippen molar-refractivity contribution in [3.63, 3.8) is 0 Å². The standard InChI is InChI=1S/ClO.2O.V/c1-2;;;/q-1;;;+1. The summed E-state index contributed by atoms with van der Waals surface area (Å²) in [6, 6.07) is 0. The number of halogens is 1. The van der Waals surface area contributed by atoms with Gasteiger partial charge < -0.3 is 0 Å². The second kappa shape index (κ2) is 2.66. The van der Waals surface area contributed by atoms with Crippen LogP contribution in [0.4, 0.5) is 0 Å². The van der Waals surface area contributed by atoms with Gasteiger partial charge in [-0.15, -0.1) is 0 Å². The molecule has 30 valence electrons. The van der Waals surface area contributed by atoms with E-state index in [0.29, 0.717) is 0 Å². The third-order valence-electron chi connectivity index (χ3n) is 0.0563. The zero-order chi connectivity index (χ0) is 4.28. The summed E-state index contributed by atoms with van der Waals surface area (Å²) in [6.07, 6.45) is 0. The third kappa shape index (κ3) is 4.43. The Kier molecular flexibility index (Phi) is 2.89. The van der Waals surface area contributed by atoms with Crippen LogP contribution in [0, 0.1) is 0 Å². The number of hydrogen-bond donors (Lipinski definition) is 0. The Morgan fingerprint density at radius 2 is 1.80 bits per heavy atom. The molecule has 0 aromatic rings. The molecule has 0 fully saturated rings. The Morgan fingerprint density at radius 3 is 1.80 bits per heavy atom. The molecule has 5 heteroatoms. The molecule has 0 aromatic carbocycles. The normalized spacial score (nSPS) is 7.40. The van der Waals surface area contributed by atoms with E-state index in [1.807, 2.05) is 0 Å². The van der Waals surface area contributed by atoms with Gasteiger partial charge in [0.1, 0.15) is 0 Å². The summed E-state index contributed by atoms with van der Waals surface area (Å²) in [7, 11) is 0. The first kappa shape index (κ1) is 5.43. The summed E-state index contributed by atoms with van der Waals surface area (Å²) in [4.78, 5) is 0. The molecule has 0 aromatic heterocycles. The van der Waals surface area contributed by atoms with Gasteiger partial charge in [-0.3, -0.25) is 0 Å². The molecule has 5 heavy (non-hydrogen) atoms. The van der Waals surface area contributed by atoms with Gasteiger partial charge in [0.05, 0.1) is 0 Å². The van der Waals surface area contributed by atoms with Crippen LogP contribution in [0.3, 0.4) is 0 Å². The van der Waals surface area contributed by atoms with E-state index in [0.717, 1.165) is 0 Å². The van der Waals surface area contributed by atoms with Crippen LogP contribution in [0.2, 0.25) is 0 Å². The average molecular weight is 134 g/mol. The summed E-state index contributed by atoms with van der Waals surface area (Å²) >= 11 is 0.840. The maximum atomic E-state index is 9.13. The van der Waals surface area contributed by atoms with Crippen molar-refractivity contribution in [3.05, 3.63) is 0 Å². The van der Waals surface area contributed by atoms with Crippen LogP contribution < -0.4 is 0 Å². The molecule has 0 radical (unpaired) electrons. The van der Waals surface area contributed by atoms with Crippen LogP contribution >= 0.6 is 11.9 Å². The van der Waals surface area contributed by atoms with Crippen molar-refractivity contribution in [1.29, 1.82) is 0 Å². The molecule has 0 unspecified atom stereocenters. The monoisotopic (exact) mass is 134 g/mol. The van der Waals surface area contributed by atoms with Gasteiger partial charge in [-0.2, -0.15) is 0 Å². The van der Waals surface area contributed by atoms with Crippen LogP contribution in [0.25, 0.3) is 0 Å². The van der Waals surface area contributed by atoms with Crippen LogP contribution in [0.1, 0.15) is 0 Å². The van der Waals surface area contributed by atoms with Crippen molar-refractivity contribution in [2.24, 2.45) is 0 Å². The SMILES string of the molecule is [O]=[V](=[O])[O]Cl. The van der Waals surface area contributed by atoms with Gasteiger partial charge in [-0.1, -0.05) is 0 Å². The van der Waals surface area contributed by atoms with Crippen molar-refractivity contribution in [3.8, 4) is 0 Å². The molecule has 0 amide bonds. The minimum absolute atomic E-state index is 3.26. The van der Waals surface area contributed by atoms with Crippen LogP contribution in [-0.4, -0.2) is 0 Å². The molecule has 0 heterocycles. The second-order valence-electron chi connectivity index (χ2n) is 0.293. The topological polar surface area (TPSA) is 43.4 Å². The molecule has 3 nitrogen and oxygen atoms in total. The minimum atomic E-state index is -3.44. The van der Waals surface area contributed by atoms with E-state index in [-0.39, 0.29) is 0 Å². The Hall–Kier alpha value is 0.434. The molecule has 0 rings (SSSR count). The summed E-state index contributed by atoms with van der Waals surface area (Å²) in [6.45, 7) is 0. The Balaban J connectivity index is 3.23. The van der Waals surface area contributed by atoms with Crippen LogP contribution in [0.15, 0.2) is 0 Å². The first-order valence-corrected chi connectivity index (χ1v) is 2.72. The molecular formula is ClO3V. The first-order valence-electron chi connectivity index (χ1n) is 0.702. The molecule has 0 saturated carbocycles. The van der Waals surface area contributed by atoms with Crippen molar-refractivity contribution < 1.29 is 26.0 Å². The Bertz CT molecular complexity index is 65.0. The van der Waals surface area contributed by atoms with E-state index in [1.54, 1.807) is 0 Å². The van der Waals surface area contributed by atoms with Crippen LogP contribution in [0.5, 0.6) is 0 Å². The van der Waals surface area contributed by atoms with Gasteiger partial charge in [-0.05, 0) is 0 Å². The zero-order valence-corrected chi connectivity index (χ0v) is 4.20. The van der Waals surface area contributed by atoms with Gasteiger partial charge in [0.25, 0.3) is 0 Å². The quantitative estimate of drug-likeness (QED) is 0.521. The molecule has 0 saturated heterocycles. The van der Waals surface area contributed by atoms with Crippen molar-refractivity contribution in [2.45, 2.75) is 0 Å². The van der Waals surface area contributed by atoms with Gasteiger partial charge in [0.2, 0.25) is 0 Å². The molecule has 0 aliphatic carbocycles. The molecule has 0 aliphatic heterocycles. The van der Waals surface area contributed by atoms with E-state index in [2.05, 4.69) is 15.1 Å². The van der Waals surface area contributed by atoms with Crippen molar-refractivity contribution in [2.75, 3.05) is 0 Å². The molecule has 0 spiro atoms. The average Bonchev–Trinajstić information content (AvgIpc) is 1.38. The predicted octanol–water partition coefficient (Wildman–Crippen LogP) is 0.381. The third-order valence-corrected chi connectivity index (χ3v) is 0.697. The van der Waals surface area contributed by atoms with Gasteiger partial charge >= 0.3 is 37.8 Å². The van der Waals surface area contributed by atoms with Gasteiger partial charge in [-0.25, -0.2) is 0 Å². The fraction of sp³-hybridized carbons (Fsp3) is 0. The molecule has 0 aliphatic rings. The Labute approximate surface area is 38.4 Å². The van der Waals surface area contributed by atoms with Crippen molar-refractivity contribution in [1.82, 2.24) is 0 Å². The molecule has 0 atom stereocenters.